The Balaban J connectivity index is 0.00000159. The van der Waals surface area contributed by atoms with Crippen LogP contribution in [0.5, 0.6) is 0 Å². The van der Waals surface area contributed by atoms with E-state index in [-0.39, 0.29) is 0 Å². The molecule has 1 N–H and O–H groups in total. The van der Waals surface area contributed by atoms with Crippen LogP contribution < -0.4 is 0 Å². The van der Waals surface area contributed by atoms with Crippen LogP contribution in [0.15, 0.2) is 0 Å². The number of hydrogen-bond donors (Lipinski definition) is 1. The number of carboxylic acid groups (broad SMARTS) is 1. The Morgan fingerprint density at radius 3 is 1.27 bits per heavy atom. The van der Waals surface area contributed by atoms with Gasteiger partial charge in [-0.25, -0.2) is 0 Å². The molecule has 0 spiro atoms. The van der Waals surface area contributed by atoms with E-state index < -0.39 is 5.97 Å². The molecule has 5 heteroatoms. The number of rotatable bonds is 24. The topological polar surface area (TPSA) is 65.0 Å². The molecule has 2 saturated heterocycles. The van der Waals surface area contributed by atoms with Crippen molar-refractivity contribution in [3.8, 4) is 0 Å². The molecule has 0 aliphatic carbocycles. The molecule has 0 radical (unpaired) electrons. The minimum Gasteiger partial charge on any atom is -0.481 e. The third kappa shape index (κ3) is 20.9. The number of ether oxygens (including phenoxy) is 3. The van der Waals surface area contributed by atoms with Gasteiger partial charge in [-0.3, -0.25) is 4.79 Å². The Labute approximate surface area is 229 Å². The molecular weight excluding hydrogens is 464 g/mol. The van der Waals surface area contributed by atoms with Crippen molar-refractivity contribution in [3.05, 3.63) is 0 Å². The first-order valence-electron chi connectivity index (χ1n) is 16.1. The van der Waals surface area contributed by atoms with Gasteiger partial charge in [0.25, 0.3) is 5.97 Å². The average Bonchev–Trinajstić information content (AvgIpc) is 2.80. The van der Waals surface area contributed by atoms with Crippen LogP contribution in [0.2, 0.25) is 0 Å². The Morgan fingerprint density at radius 2 is 1.00 bits per heavy atom. The maximum atomic E-state index is 9.00. The number of carbonyl (C=O) groups is 1. The fourth-order valence-corrected chi connectivity index (χ4v) is 5.30. The van der Waals surface area contributed by atoms with Gasteiger partial charge in [0, 0.05) is 20.1 Å². The number of aliphatic carboxylic acids is 1. The summed E-state index contributed by atoms with van der Waals surface area (Å²) < 4.78 is 18.1. The van der Waals surface area contributed by atoms with Gasteiger partial charge in [0.05, 0.1) is 24.4 Å². The van der Waals surface area contributed by atoms with Crippen LogP contribution in [0.4, 0.5) is 0 Å². The normalized spacial score (nSPS) is 20.3. The predicted octanol–water partition coefficient (Wildman–Crippen LogP) is 9.25. The van der Waals surface area contributed by atoms with E-state index in [4.69, 9.17) is 24.1 Å². The largest absolute Gasteiger partial charge is 0.481 e. The summed E-state index contributed by atoms with van der Waals surface area (Å²) in [5, 5.41) is 7.42. The van der Waals surface area contributed by atoms with Crippen molar-refractivity contribution in [1.82, 2.24) is 0 Å². The van der Waals surface area contributed by atoms with Crippen molar-refractivity contribution in [2.24, 2.45) is 0 Å². The zero-order valence-electron chi connectivity index (χ0n) is 24.9. The van der Waals surface area contributed by atoms with Crippen molar-refractivity contribution in [3.63, 3.8) is 0 Å². The molecule has 37 heavy (non-hydrogen) atoms. The van der Waals surface area contributed by atoms with E-state index in [1.165, 1.54) is 141 Å². The monoisotopic (exact) mass is 526 g/mol. The Kier molecular flexibility index (Phi) is 22.7. The number of hydrogen-bond acceptors (Lipinski definition) is 4. The summed E-state index contributed by atoms with van der Waals surface area (Å²) in [7, 11) is 0. The molecule has 0 aromatic rings. The zero-order valence-corrected chi connectivity index (χ0v) is 24.9. The molecule has 2 fully saturated rings. The van der Waals surface area contributed by atoms with Crippen LogP contribution in [0.1, 0.15) is 162 Å². The van der Waals surface area contributed by atoms with Crippen molar-refractivity contribution in [2.75, 3.05) is 13.2 Å². The van der Waals surface area contributed by atoms with Crippen molar-refractivity contribution in [1.29, 1.82) is 0 Å². The molecule has 2 rings (SSSR count). The average molecular weight is 527 g/mol. The smallest absolute Gasteiger partial charge is 0.300 e. The van der Waals surface area contributed by atoms with Gasteiger partial charge in [-0.1, -0.05) is 104 Å². The fraction of sp³-hybridized carbons (Fsp3) is 0.969. The molecule has 4 unspecified atom stereocenters. The third-order valence-corrected chi connectivity index (χ3v) is 7.84. The Morgan fingerprint density at radius 1 is 0.676 bits per heavy atom. The molecule has 0 aromatic heterocycles. The van der Waals surface area contributed by atoms with Crippen molar-refractivity contribution in [2.45, 2.75) is 186 Å². The highest BCUT2D eigenvalue weighted by Gasteiger charge is 2.20. The van der Waals surface area contributed by atoms with Crippen LogP contribution in [0.3, 0.4) is 0 Å². The van der Waals surface area contributed by atoms with E-state index >= 15 is 0 Å². The fourth-order valence-electron chi connectivity index (χ4n) is 5.30. The van der Waals surface area contributed by atoms with Crippen molar-refractivity contribution >= 4 is 5.97 Å². The van der Waals surface area contributed by atoms with E-state index in [0.29, 0.717) is 24.4 Å². The van der Waals surface area contributed by atoms with Gasteiger partial charge in [-0.15, -0.1) is 0 Å². The quantitative estimate of drug-likeness (QED) is 0.127. The molecule has 4 atom stereocenters. The molecule has 2 aliphatic heterocycles. The molecule has 0 amide bonds. The van der Waals surface area contributed by atoms with Gasteiger partial charge in [0.2, 0.25) is 0 Å². The number of unbranched alkanes of at least 4 members (excludes halogenated alkanes) is 10. The van der Waals surface area contributed by atoms with E-state index in [2.05, 4.69) is 13.8 Å². The van der Waals surface area contributed by atoms with Gasteiger partial charge in [-0.2, -0.15) is 0 Å². The second-order valence-electron chi connectivity index (χ2n) is 11.4. The standard InChI is InChI=1S/C30H58O3.C2H4O2/c1-3-5-7-11-19-29(21-15-9-13-17-27-23-25-31-27)33-30(20-12-8-6-4-2)22-16-10-14-18-28-24-26-32-28;1-2(3)4/h27-30H,3-26H2,1-2H3;1H3,(H,3,4). The molecule has 0 aromatic carbocycles. The van der Waals surface area contributed by atoms with Crippen LogP contribution in [0, 0.1) is 0 Å². The summed E-state index contributed by atoms with van der Waals surface area (Å²) >= 11 is 0. The highest BCUT2D eigenvalue weighted by atomic mass is 16.5. The second-order valence-corrected chi connectivity index (χ2v) is 11.4. The lowest BCUT2D eigenvalue weighted by Crippen LogP contribution is -2.26. The lowest BCUT2D eigenvalue weighted by atomic mass is 9.99. The summed E-state index contributed by atoms with van der Waals surface area (Å²) in [5.41, 5.74) is 0. The lowest BCUT2D eigenvalue weighted by molar-refractivity contribution is -0.134. The summed E-state index contributed by atoms with van der Waals surface area (Å²) in [6.07, 6.45) is 31.2. The first-order valence-corrected chi connectivity index (χ1v) is 16.1. The SMILES string of the molecule is CC(=O)O.CCCCCCC(CCCCCC1CCO1)OC(CCCCCC)CCCCCC1CCO1. The van der Waals surface area contributed by atoms with Crippen molar-refractivity contribution < 1.29 is 24.1 Å². The highest BCUT2D eigenvalue weighted by Crippen LogP contribution is 2.24. The Hall–Kier alpha value is -0.650. The molecular formula is C32H62O5. The predicted molar refractivity (Wildman–Crippen MR) is 154 cm³/mol. The van der Waals surface area contributed by atoms with Crippen LogP contribution in [-0.2, 0) is 19.0 Å². The van der Waals surface area contributed by atoms with E-state index in [1.807, 2.05) is 0 Å². The Bertz CT molecular complexity index is 461. The maximum absolute atomic E-state index is 9.00. The van der Waals surface area contributed by atoms with Gasteiger partial charge >= 0.3 is 0 Å². The molecule has 220 valence electrons. The minimum absolute atomic E-state index is 0.487. The van der Waals surface area contributed by atoms with E-state index in [9.17, 15) is 0 Å². The minimum atomic E-state index is -0.833. The molecule has 2 aliphatic rings. The molecule has 0 bridgehead atoms. The number of carboxylic acids is 1. The van der Waals surface area contributed by atoms with Gasteiger partial charge in [0.15, 0.2) is 0 Å². The zero-order chi connectivity index (χ0) is 27.0. The maximum Gasteiger partial charge on any atom is 0.300 e. The summed E-state index contributed by atoms with van der Waals surface area (Å²) in [5.74, 6) is -0.833. The van der Waals surface area contributed by atoms with Crippen LogP contribution >= 0.6 is 0 Å². The molecule has 2 heterocycles. The summed E-state index contributed by atoms with van der Waals surface area (Å²) in [6.45, 7) is 7.69. The highest BCUT2D eigenvalue weighted by molar-refractivity contribution is 5.62. The van der Waals surface area contributed by atoms with Gasteiger partial charge in [0.1, 0.15) is 0 Å². The van der Waals surface area contributed by atoms with Gasteiger partial charge < -0.3 is 19.3 Å². The summed E-state index contributed by atoms with van der Waals surface area (Å²) in [6, 6.07) is 0. The molecule has 0 saturated carbocycles. The lowest BCUT2D eigenvalue weighted by Gasteiger charge is -2.27. The van der Waals surface area contributed by atoms with Crippen LogP contribution in [0.25, 0.3) is 0 Å². The molecule has 5 nitrogen and oxygen atoms in total. The second kappa shape index (κ2) is 24.4. The van der Waals surface area contributed by atoms with Crippen LogP contribution in [-0.4, -0.2) is 48.7 Å². The first-order chi connectivity index (χ1) is 18.0. The van der Waals surface area contributed by atoms with Gasteiger partial charge in [-0.05, 0) is 51.4 Å². The summed E-state index contributed by atoms with van der Waals surface area (Å²) in [4.78, 5) is 9.00. The first kappa shape index (κ1) is 34.4. The van der Waals surface area contributed by atoms with E-state index in [1.54, 1.807) is 0 Å². The van der Waals surface area contributed by atoms with E-state index in [0.717, 1.165) is 20.1 Å². The third-order valence-electron chi connectivity index (χ3n) is 7.84.